The minimum absolute atomic E-state index is 0.0274. The Balaban J connectivity index is 0.000000141. The second-order valence-corrected chi connectivity index (χ2v) is 32.2. The number of rotatable bonds is 19. The largest absolute Gasteiger partial charge is 0.392 e. The van der Waals surface area contributed by atoms with Crippen LogP contribution in [0.2, 0.25) is 15.1 Å². The Kier molecular flexibility index (Phi) is 23.9. The summed E-state index contributed by atoms with van der Waals surface area (Å²) in [6.07, 6.45) is 13.8. The van der Waals surface area contributed by atoms with Gasteiger partial charge in [0.2, 0.25) is 0 Å². The van der Waals surface area contributed by atoms with Gasteiger partial charge in [-0.25, -0.2) is 27.6 Å². The summed E-state index contributed by atoms with van der Waals surface area (Å²) in [5.74, 6) is -1.01. The number of nitriles is 3. The number of hydrogen-bond acceptors (Lipinski definition) is 12. The Morgan fingerprint density at radius 3 is 1.20 bits per heavy atom. The molecule has 558 valence electrons. The van der Waals surface area contributed by atoms with E-state index in [1.807, 2.05) is 69.3 Å². The van der Waals surface area contributed by atoms with Crippen molar-refractivity contribution in [3.05, 3.63) is 193 Å². The first-order chi connectivity index (χ1) is 51.1. The van der Waals surface area contributed by atoms with Gasteiger partial charge < -0.3 is 50.9 Å². The average molecular weight is 1510 g/mol. The van der Waals surface area contributed by atoms with Crippen molar-refractivity contribution >= 4 is 70.0 Å². The highest BCUT2D eigenvalue weighted by Crippen LogP contribution is 2.65. The molecule has 6 aromatic rings. The zero-order valence-electron chi connectivity index (χ0n) is 59.5. The highest BCUT2D eigenvalue weighted by Gasteiger charge is 2.61. The minimum Gasteiger partial charge on any atom is -0.392 e. The lowest BCUT2D eigenvalue weighted by molar-refractivity contribution is 0.141. The number of benzene rings is 6. The third kappa shape index (κ3) is 17.9. The van der Waals surface area contributed by atoms with Gasteiger partial charge in [-0.1, -0.05) is 71.2 Å². The van der Waals surface area contributed by atoms with E-state index in [0.29, 0.717) is 102 Å². The topological polar surface area (TPSA) is 239 Å². The number of nitrogens with one attached hydrogen (secondary N) is 3. The Morgan fingerprint density at radius 1 is 0.453 bits per heavy atom. The van der Waals surface area contributed by atoms with Crippen molar-refractivity contribution in [2.45, 2.75) is 155 Å². The van der Waals surface area contributed by atoms with Crippen LogP contribution in [-0.4, -0.2) is 178 Å². The lowest BCUT2D eigenvalue weighted by Crippen LogP contribution is -2.48. The van der Waals surface area contributed by atoms with E-state index in [0.717, 1.165) is 148 Å². The van der Waals surface area contributed by atoms with Gasteiger partial charge in [0.05, 0.1) is 58.2 Å². The number of aliphatic hydroxyl groups excluding tert-OH is 3. The van der Waals surface area contributed by atoms with Gasteiger partial charge in [0.25, 0.3) is 0 Å². The van der Waals surface area contributed by atoms with Gasteiger partial charge in [-0.15, -0.1) is 0 Å². The Morgan fingerprint density at radius 2 is 0.830 bits per heavy atom. The second kappa shape index (κ2) is 33.2. The minimum atomic E-state index is -0.994. The number of carbonyl (C=O) groups is 3. The molecule has 6 N–H and O–H groups in total. The van der Waals surface area contributed by atoms with Gasteiger partial charge in [0.1, 0.15) is 5.82 Å². The number of fused-ring (bicyclic) bond motifs is 3. The monoisotopic (exact) mass is 1500 g/mol. The summed E-state index contributed by atoms with van der Waals surface area (Å²) in [4.78, 5) is 52.6. The predicted octanol–water partition coefficient (Wildman–Crippen LogP) is 14.7. The maximum Gasteiger partial charge on any atom is 0.322 e. The molecule has 6 aromatic carbocycles. The fourth-order valence-electron chi connectivity index (χ4n) is 18.4. The first-order valence-corrected chi connectivity index (χ1v) is 38.6. The van der Waals surface area contributed by atoms with Crippen LogP contribution in [0.15, 0.2) is 127 Å². The number of amides is 6. The highest BCUT2D eigenvalue weighted by molar-refractivity contribution is 6.35. The molecule has 6 saturated carbocycles. The molecule has 0 aromatic heterocycles. The molecule has 3 aliphatic heterocycles. The average Bonchev–Trinajstić information content (AvgIpc) is 1.57. The fourth-order valence-corrected chi connectivity index (χ4v) is 19.1. The number of likely N-dealkylation sites (tertiary alicyclic amines) is 3. The Hall–Kier alpha value is -7.98. The van der Waals surface area contributed by atoms with Crippen LogP contribution in [0.1, 0.15) is 136 Å². The van der Waals surface area contributed by atoms with E-state index in [4.69, 9.17) is 34.8 Å². The number of nitrogens with zero attached hydrogens (tertiary/aromatic N) is 9. The predicted molar refractivity (Wildman–Crippen MR) is 403 cm³/mol. The number of hydrogen-bond donors (Lipinski definition) is 6. The van der Waals surface area contributed by atoms with Gasteiger partial charge >= 0.3 is 18.1 Å². The number of urea groups is 3. The van der Waals surface area contributed by atoms with Crippen molar-refractivity contribution < 1.29 is 42.9 Å². The van der Waals surface area contributed by atoms with E-state index in [9.17, 15) is 58.7 Å². The van der Waals surface area contributed by atoms with Crippen LogP contribution in [0.25, 0.3) is 0 Å². The molecule has 3 unspecified atom stereocenters. The Labute approximate surface area is 633 Å². The fraction of sp³-hybridized carbons (Fsp3) is 0.488. The molecular weight excluding hydrogens is 1410 g/mol. The van der Waals surface area contributed by atoms with E-state index in [1.54, 1.807) is 18.2 Å². The number of anilines is 3. The van der Waals surface area contributed by atoms with Crippen LogP contribution in [0.4, 0.5) is 44.6 Å². The molecule has 15 rings (SSSR count). The lowest BCUT2D eigenvalue weighted by Gasteiger charge is -2.37. The van der Waals surface area contributed by atoms with Crippen LogP contribution in [0.5, 0.6) is 0 Å². The molecule has 0 spiro atoms. The van der Waals surface area contributed by atoms with Gasteiger partial charge in [-0.05, 0) is 245 Å². The summed E-state index contributed by atoms with van der Waals surface area (Å²) < 4.78 is 40.7. The van der Waals surface area contributed by atoms with Crippen LogP contribution in [0.3, 0.4) is 0 Å². The van der Waals surface area contributed by atoms with Gasteiger partial charge in [-0.3, -0.25) is 9.80 Å². The van der Waals surface area contributed by atoms with E-state index in [-0.39, 0.29) is 81.5 Å². The zero-order valence-corrected chi connectivity index (χ0v) is 61.7. The van der Waals surface area contributed by atoms with Crippen molar-refractivity contribution in [3.63, 3.8) is 0 Å². The molecule has 0 bridgehead atoms. The van der Waals surface area contributed by atoms with Gasteiger partial charge in [-0.2, -0.15) is 15.8 Å². The number of β-amino-alcohol motifs (C(OH)–C–C–N with tert-alkyl or cyclic N) is 3. The molecular formula is C82H92Cl3F3N12O6. The standard InChI is InChI=1S/C28H32F2N4O2.C27H30Cl2N4O2.C27H30ClFN4O2/c29-25-6-5-22(15-26(25)30)32-27(36)34(11-2-10-33-12-8-24(35)18-33)23-7-9-28(16-21(28)14-23)20-4-1-3-19(13-20)17-31;28-21-12-22(29)14-23(13-21)31-26(35)33(9-8-32-7-5-25(34)17-32)24-4-6-27(15-20(27)11-24)19-3-1-2-18(10-19)16-30;28-24-14-21(4-5-25(24)29)31-26(35)33(11-10-32-9-7-23(34)17-32)22-6-8-27(15-20(27)13-22)19-3-1-2-18(12-19)16-30/h1,3-6,13,15,21,23-24,35H,2,7-12,14,16,18H2,(H,32,36);1-3,10,12-14,20,24-25,34H,4-9,11,15,17H2,(H,31,35);1-5,12,14,20,22-23,34H,6-11,13,15,17H2,(H,31,35)/t21?,23-,24+,28+;20?,24-,25-,27+;20?,22-,23-,27+/m111/s1. The summed E-state index contributed by atoms with van der Waals surface area (Å²) in [6.45, 7) is 8.44. The SMILES string of the molecule is N#Cc1cccc([C@@]23CC[C@@H](N(CCCN4CC[C@H](O)C4)C(=O)Nc4ccc(F)c(F)c4)CC2C3)c1.N#Cc1cccc([C@@]23CC[C@@H](N(CCN4CC[C@@H](O)C4)C(=O)Nc4cc(Cl)cc(Cl)c4)CC2C3)c1.N#Cc1cccc([C@@]23CC[C@@H](N(CCN4CC[C@@H](O)C4)C(=O)Nc4ccc(F)c(Cl)c4)CC2C3)c1. The first-order valence-electron chi connectivity index (χ1n) is 37.4. The van der Waals surface area contributed by atoms with Crippen LogP contribution in [-0.2, 0) is 16.2 Å². The normalized spacial score (nSPS) is 27.5. The molecule has 6 amide bonds. The first kappa shape index (κ1) is 76.2. The van der Waals surface area contributed by atoms with Crippen molar-refractivity contribution in [1.29, 1.82) is 15.8 Å². The molecule has 12 atom stereocenters. The van der Waals surface area contributed by atoms with E-state index in [2.05, 4.69) is 67.1 Å². The molecule has 18 nitrogen and oxygen atoms in total. The summed E-state index contributed by atoms with van der Waals surface area (Å²) >= 11 is 18.2. The number of halogens is 6. The highest BCUT2D eigenvalue weighted by atomic mass is 35.5. The summed E-state index contributed by atoms with van der Waals surface area (Å²) in [6, 6.07) is 42.8. The summed E-state index contributed by atoms with van der Waals surface area (Å²) in [5.41, 5.74) is 7.43. The molecule has 3 heterocycles. The second-order valence-electron chi connectivity index (χ2n) is 30.9. The van der Waals surface area contributed by atoms with Crippen molar-refractivity contribution in [2.24, 2.45) is 17.8 Å². The molecule has 9 fully saturated rings. The molecule has 9 aliphatic rings. The van der Waals surface area contributed by atoms with Crippen LogP contribution >= 0.6 is 34.8 Å². The molecule has 3 saturated heterocycles. The van der Waals surface area contributed by atoms with E-state index >= 15 is 0 Å². The molecule has 0 radical (unpaired) electrons. The van der Waals surface area contributed by atoms with Crippen molar-refractivity contribution in [1.82, 2.24) is 29.4 Å². The van der Waals surface area contributed by atoms with Crippen LogP contribution in [0, 0.1) is 69.2 Å². The molecule has 106 heavy (non-hydrogen) atoms. The number of carbonyl (C=O) groups excluding carboxylic acids is 3. The smallest absolute Gasteiger partial charge is 0.322 e. The van der Waals surface area contributed by atoms with Crippen LogP contribution < -0.4 is 16.0 Å². The van der Waals surface area contributed by atoms with Gasteiger partial charge in [0.15, 0.2) is 11.6 Å². The third-order valence-corrected chi connectivity index (χ3v) is 25.1. The van der Waals surface area contributed by atoms with E-state index < -0.39 is 17.5 Å². The summed E-state index contributed by atoms with van der Waals surface area (Å²) in [5, 5.41) is 67.1. The van der Waals surface area contributed by atoms with Gasteiger partial charge in [0, 0.05) is 123 Å². The van der Waals surface area contributed by atoms with Crippen molar-refractivity contribution in [3.8, 4) is 18.2 Å². The molecule has 6 aliphatic carbocycles. The zero-order chi connectivity index (χ0) is 74.4. The van der Waals surface area contributed by atoms with Crippen molar-refractivity contribution in [2.75, 3.05) is 94.5 Å². The lowest BCUT2D eigenvalue weighted by atomic mass is 9.80. The number of aliphatic hydroxyl groups is 3. The maximum atomic E-state index is 13.7. The summed E-state index contributed by atoms with van der Waals surface area (Å²) in [7, 11) is 0. The maximum absolute atomic E-state index is 13.7. The quantitative estimate of drug-likeness (QED) is 0.0444. The Bertz CT molecular complexity index is 4310. The third-order valence-electron chi connectivity index (χ3n) is 24.3. The molecule has 24 heteroatoms. The van der Waals surface area contributed by atoms with E-state index in [1.165, 1.54) is 41.0 Å².